The van der Waals surface area contributed by atoms with Gasteiger partial charge in [0.15, 0.2) is 11.0 Å². The van der Waals surface area contributed by atoms with Crippen LogP contribution in [0.25, 0.3) is 0 Å². The lowest BCUT2D eigenvalue weighted by atomic mass is 10.3. The summed E-state index contributed by atoms with van der Waals surface area (Å²) in [5.74, 6) is 0.632. The number of rotatable bonds is 4. The van der Waals surface area contributed by atoms with E-state index in [0.717, 1.165) is 5.69 Å². The molecule has 0 atom stereocenters. The van der Waals surface area contributed by atoms with Gasteiger partial charge in [-0.2, -0.15) is 0 Å². The third-order valence-corrected chi connectivity index (χ3v) is 2.66. The number of anilines is 1. The van der Waals surface area contributed by atoms with E-state index in [9.17, 15) is 0 Å². The molecule has 18 heavy (non-hydrogen) atoms. The average molecular weight is 286 g/mol. The molecule has 0 aromatic carbocycles. The first kappa shape index (κ1) is 12.8. The van der Waals surface area contributed by atoms with Gasteiger partial charge in [-0.25, -0.2) is 15.4 Å². The van der Waals surface area contributed by atoms with Gasteiger partial charge < -0.3 is 4.84 Å². The van der Waals surface area contributed by atoms with Gasteiger partial charge in [0, 0.05) is 6.07 Å². The van der Waals surface area contributed by atoms with Crippen LogP contribution in [0.3, 0.4) is 0 Å². The predicted octanol–water partition coefficient (Wildman–Crippen LogP) is 2.54. The average Bonchev–Trinajstić information content (AvgIpc) is 2.39. The molecule has 0 saturated carbocycles. The van der Waals surface area contributed by atoms with Gasteiger partial charge in [-0.15, -0.1) is 10.2 Å². The van der Waals surface area contributed by atoms with Crippen LogP contribution in [0, 0.1) is 0 Å². The molecular weight excluding hydrogens is 277 g/mol. The lowest BCUT2D eigenvalue weighted by Crippen LogP contribution is -2.09. The van der Waals surface area contributed by atoms with Gasteiger partial charge in [-0.3, -0.25) is 0 Å². The van der Waals surface area contributed by atoms with Crippen molar-refractivity contribution in [3.8, 4) is 5.88 Å². The van der Waals surface area contributed by atoms with Crippen LogP contribution in [0.4, 0.5) is 5.82 Å². The fourth-order valence-electron chi connectivity index (χ4n) is 1.18. The third-order valence-electron chi connectivity index (χ3n) is 2.06. The normalized spacial score (nSPS) is 10.2. The maximum absolute atomic E-state index is 6.08. The van der Waals surface area contributed by atoms with E-state index < -0.39 is 0 Å². The Morgan fingerprint density at radius 2 is 2.06 bits per heavy atom. The molecular formula is C10H9Cl2N5O. The molecule has 0 aliphatic carbocycles. The van der Waals surface area contributed by atoms with Gasteiger partial charge in [0.05, 0.1) is 5.69 Å². The van der Waals surface area contributed by atoms with Crippen LogP contribution in [0.2, 0.25) is 10.2 Å². The van der Waals surface area contributed by atoms with Crippen molar-refractivity contribution < 1.29 is 4.84 Å². The van der Waals surface area contributed by atoms with Crippen molar-refractivity contribution in [3.63, 3.8) is 0 Å². The van der Waals surface area contributed by atoms with Crippen LogP contribution in [0.5, 0.6) is 5.88 Å². The molecule has 0 spiro atoms. The van der Waals surface area contributed by atoms with E-state index in [1.54, 1.807) is 12.1 Å². The SMILES string of the molecule is CCc1ncnc(NOc2ccc(Cl)nn2)c1Cl. The van der Waals surface area contributed by atoms with Gasteiger partial charge in [0.2, 0.25) is 0 Å². The topological polar surface area (TPSA) is 72.8 Å². The van der Waals surface area contributed by atoms with Crippen molar-refractivity contribution in [3.05, 3.63) is 34.3 Å². The first-order chi connectivity index (χ1) is 8.70. The predicted molar refractivity (Wildman–Crippen MR) is 67.7 cm³/mol. The van der Waals surface area contributed by atoms with Gasteiger partial charge in [0.25, 0.3) is 5.88 Å². The monoisotopic (exact) mass is 285 g/mol. The lowest BCUT2D eigenvalue weighted by Gasteiger charge is -2.08. The minimum atomic E-state index is 0.257. The first-order valence-corrected chi connectivity index (χ1v) is 5.87. The van der Waals surface area contributed by atoms with Crippen molar-refractivity contribution in [2.24, 2.45) is 0 Å². The minimum absolute atomic E-state index is 0.257. The summed E-state index contributed by atoms with van der Waals surface area (Å²) in [5, 5.41) is 8.05. The van der Waals surface area contributed by atoms with Crippen molar-refractivity contribution >= 4 is 29.0 Å². The van der Waals surface area contributed by atoms with E-state index in [0.29, 0.717) is 17.3 Å². The quantitative estimate of drug-likeness (QED) is 0.871. The molecule has 2 heterocycles. The molecule has 0 saturated heterocycles. The summed E-state index contributed by atoms with van der Waals surface area (Å²) < 4.78 is 0. The van der Waals surface area contributed by atoms with E-state index in [4.69, 9.17) is 28.0 Å². The van der Waals surface area contributed by atoms with Crippen LogP contribution >= 0.6 is 23.2 Å². The second-order valence-corrected chi connectivity index (χ2v) is 4.00. The van der Waals surface area contributed by atoms with Gasteiger partial charge in [-0.1, -0.05) is 30.1 Å². The molecule has 94 valence electrons. The molecule has 0 amide bonds. The Balaban J connectivity index is 2.08. The number of nitrogens with one attached hydrogen (secondary N) is 1. The zero-order valence-electron chi connectivity index (χ0n) is 9.39. The maximum Gasteiger partial charge on any atom is 0.264 e. The molecule has 1 N–H and O–H groups in total. The number of aromatic nitrogens is 4. The van der Waals surface area contributed by atoms with Crippen LogP contribution in [0.15, 0.2) is 18.5 Å². The van der Waals surface area contributed by atoms with Crippen molar-refractivity contribution in [1.82, 2.24) is 20.2 Å². The van der Waals surface area contributed by atoms with E-state index in [-0.39, 0.29) is 11.0 Å². The highest BCUT2D eigenvalue weighted by atomic mass is 35.5. The van der Waals surface area contributed by atoms with Crippen molar-refractivity contribution in [2.45, 2.75) is 13.3 Å². The standard InChI is InChI=1S/C10H9Cl2N5O/c1-2-6-9(12)10(14-5-13-6)17-18-8-4-3-7(11)15-16-8/h3-5H,2H2,1H3,(H,13,14,17). The summed E-state index contributed by atoms with van der Waals surface area (Å²) in [6.45, 7) is 1.95. The Kier molecular flexibility index (Phi) is 4.11. The number of aryl methyl sites for hydroxylation is 1. The molecule has 2 aromatic rings. The van der Waals surface area contributed by atoms with Crippen molar-refractivity contribution in [2.75, 3.05) is 5.48 Å². The van der Waals surface area contributed by atoms with Gasteiger partial charge >= 0.3 is 0 Å². The Hall–Kier alpha value is -1.66. The van der Waals surface area contributed by atoms with E-state index >= 15 is 0 Å². The largest absolute Gasteiger partial charge is 0.359 e. The molecule has 0 unspecified atom stereocenters. The molecule has 0 bridgehead atoms. The fraction of sp³-hybridized carbons (Fsp3) is 0.200. The highest BCUT2D eigenvalue weighted by Gasteiger charge is 2.08. The summed E-state index contributed by atoms with van der Waals surface area (Å²) in [4.78, 5) is 13.2. The summed E-state index contributed by atoms with van der Waals surface area (Å²) in [6, 6.07) is 3.13. The van der Waals surface area contributed by atoms with Crippen LogP contribution < -0.4 is 10.3 Å². The number of hydrogen-bond acceptors (Lipinski definition) is 6. The highest BCUT2D eigenvalue weighted by molar-refractivity contribution is 6.33. The Morgan fingerprint density at radius 1 is 1.22 bits per heavy atom. The zero-order valence-corrected chi connectivity index (χ0v) is 10.9. The Labute approximate surface area is 113 Å². The number of halogens is 2. The van der Waals surface area contributed by atoms with E-state index in [2.05, 4.69) is 25.6 Å². The van der Waals surface area contributed by atoms with Gasteiger partial charge in [-0.05, 0) is 12.5 Å². The minimum Gasteiger partial charge on any atom is -0.359 e. The maximum atomic E-state index is 6.08. The Bertz CT molecular complexity index is 534. The summed E-state index contributed by atoms with van der Waals surface area (Å²) in [7, 11) is 0. The molecule has 0 radical (unpaired) electrons. The van der Waals surface area contributed by atoms with E-state index in [1.807, 2.05) is 6.92 Å². The number of hydrogen-bond donors (Lipinski definition) is 1. The molecule has 8 heteroatoms. The van der Waals surface area contributed by atoms with E-state index in [1.165, 1.54) is 6.33 Å². The first-order valence-electron chi connectivity index (χ1n) is 5.12. The molecule has 6 nitrogen and oxygen atoms in total. The summed E-state index contributed by atoms with van der Waals surface area (Å²) in [6.07, 6.45) is 2.11. The molecule has 0 aliphatic rings. The molecule has 0 fully saturated rings. The van der Waals surface area contributed by atoms with Crippen LogP contribution in [-0.2, 0) is 6.42 Å². The van der Waals surface area contributed by atoms with Crippen LogP contribution in [-0.4, -0.2) is 20.2 Å². The lowest BCUT2D eigenvalue weighted by molar-refractivity contribution is 0.380. The zero-order chi connectivity index (χ0) is 13.0. The van der Waals surface area contributed by atoms with Crippen molar-refractivity contribution in [1.29, 1.82) is 0 Å². The third kappa shape index (κ3) is 2.96. The molecule has 0 aliphatic heterocycles. The second kappa shape index (κ2) is 5.79. The summed E-state index contributed by atoms with van der Waals surface area (Å²) >= 11 is 11.7. The van der Waals surface area contributed by atoms with Gasteiger partial charge in [0.1, 0.15) is 11.3 Å². The highest BCUT2D eigenvalue weighted by Crippen LogP contribution is 2.22. The summed E-state index contributed by atoms with van der Waals surface area (Å²) in [5.41, 5.74) is 3.33. The molecule has 2 aromatic heterocycles. The second-order valence-electron chi connectivity index (χ2n) is 3.23. The fourth-order valence-corrected chi connectivity index (χ4v) is 1.55. The Morgan fingerprint density at radius 3 is 2.72 bits per heavy atom. The molecule has 2 rings (SSSR count). The number of nitrogens with zero attached hydrogens (tertiary/aromatic N) is 4. The van der Waals surface area contributed by atoms with Crippen LogP contribution in [0.1, 0.15) is 12.6 Å². The smallest absolute Gasteiger partial charge is 0.264 e.